The smallest absolute Gasteiger partial charge is 0.258 e. The maximum Gasteiger partial charge on any atom is 0.289 e. The van der Waals surface area contributed by atoms with Crippen LogP contribution in [0.15, 0.2) is 36.4 Å². The first-order chi connectivity index (χ1) is 10.3. The highest BCUT2D eigenvalue weighted by molar-refractivity contribution is 6.43. The number of hydrogen-bond acceptors (Lipinski definition) is 4. The third-order valence-corrected chi connectivity index (χ3v) is 3.87. The monoisotopic (exact) mass is 382 g/mol. The topological polar surface area (TPSA) is 86.3 Å². The molecule has 0 bridgehead atoms. The molecule has 0 aliphatic rings. The summed E-state index contributed by atoms with van der Waals surface area (Å²) in [6.07, 6.45) is 0. The van der Waals surface area contributed by atoms with E-state index in [2.05, 4.69) is 0 Å². The third-order valence-electron chi connectivity index (χ3n) is 2.26. The lowest BCUT2D eigenvalue weighted by atomic mass is 10.3. The van der Waals surface area contributed by atoms with E-state index >= 15 is 0 Å². The minimum absolute atomic E-state index is 0.0147. The third kappa shape index (κ3) is 4.71. The van der Waals surface area contributed by atoms with Crippen molar-refractivity contribution in [2.45, 2.75) is 0 Å². The van der Waals surface area contributed by atoms with Crippen LogP contribution < -0.4 is 0 Å². The van der Waals surface area contributed by atoms with E-state index in [9.17, 15) is 20.2 Å². The van der Waals surface area contributed by atoms with Gasteiger partial charge in [-0.05, 0) is 12.1 Å². The van der Waals surface area contributed by atoms with Gasteiger partial charge >= 0.3 is 0 Å². The van der Waals surface area contributed by atoms with Gasteiger partial charge < -0.3 is 0 Å². The number of nitro groups is 2. The lowest BCUT2D eigenvalue weighted by Gasteiger charge is -1.94. The number of hydrogen-bond donors (Lipinski definition) is 0. The highest BCUT2D eigenvalue weighted by atomic mass is 35.5. The van der Waals surface area contributed by atoms with Crippen LogP contribution in [-0.2, 0) is 0 Å². The van der Waals surface area contributed by atoms with Crippen molar-refractivity contribution >= 4 is 57.8 Å². The van der Waals surface area contributed by atoms with Crippen LogP contribution in [0.3, 0.4) is 0 Å². The molecule has 0 heterocycles. The Morgan fingerprint density at radius 2 is 1.00 bits per heavy atom. The van der Waals surface area contributed by atoms with Gasteiger partial charge in [-0.25, -0.2) is 0 Å². The molecule has 0 N–H and O–H groups in total. The van der Waals surface area contributed by atoms with Crippen molar-refractivity contribution in [3.63, 3.8) is 0 Å². The van der Waals surface area contributed by atoms with E-state index in [1.54, 1.807) is 0 Å². The van der Waals surface area contributed by atoms with Gasteiger partial charge in [0.15, 0.2) is 0 Å². The molecule has 116 valence electrons. The summed E-state index contributed by atoms with van der Waals surface area (Å²) in [4.78, 5) is 19.3. The summed E-state index contributed by atoms with van der Waals surface area (Å²) in [7, 11) is 0. The van der Waals surface area contributed by atoms with Gasteiger partial charge in [-0.2, -0.15) is 0 Å². The van der Waals surface area contributed by atoms with Gasteiger partial charge in [0.05, 0.1) is 19.9 Å². The van der Waals surface area contributed by atoms with E-state index < -0.39 is 9.85 Å². The molecule has 0 saturated carbocycles. The fourth-order valence-corrected chi connectivity index (χ4v) is 2.00. The first-order valence-corrected chi connectivity index (χ1v) is 6.93. The molecule has 2 aromatic rings. The largest absolute Gasteiger partial charge is 0.289 e. The summed E-state index contributed by atoms with van der Waals surface area (Å²) in [6.45, 7) is 0. The van der Waals surface area contributed by atoms with E-state index in [1.807, 2.05) is 0 Å². The molecule has 0 spiro atoms. The standard InChI is InChI=1S/2C6H3Cl2NO2/c2*7-4-2-1-3-5(6(4)8)9(10)11/h2*1-3H. The highest BCUT2D eigenvalue weighted by Gasteiger charge is 2.14. The van der Waals surface area contributed by atoms with Crippen molar-refractivity contribution < 1.29 is 9.85 Å². The second-order valence-electron chi connectivity index (χ2n) is 3.66. The van der Waals surface area contributed by atoms with Gasteiger partial charge in [0.1, 0.15) is 10.0 Å². The van der Waals surface area contributed by atoms with E-state index in [4.69, 9.17) is 46.4 Å². The summed E-state index contributed by atoms with van der Waals surface area (Å²) in [6, 6.07) is 8.55. The maximum atomic E-state index is 10.2. The van der Waals surface area contributed by atoms with E-state index in [-0.39, 0.29) is 31.5 Å². The van der Waals surface area contributed by atoms with Gasteiger partial charge in [0.25, 0.3) is 11.4 Å². The average Bonchev–Trinajstić information content (AvgIpc) is 2.45. The van der Waals surface area contributed by atoms with Crippen molar-refractivity contribution in [1.82, 2.24) is 0 Å². The van der Waals surface area contributed by atoms with Crippen LogP contribution >= 0.6 is 46.4 Å². The summed E-state index contributed by atoms with van der Waals surface area (Å²) < 4.78 is 0. The predicted octanol–water partition coefficient (Wildman–Crippen LogP) is 5.80. The lowest BCUT2D eigenvalue weighted by Crippen LogP contribution is -1.88. The molecular weight excluding hydrogens is 378 g/mol. The second kappa shape index (κ2) is 8.14. The number of nitro benzene ring substituents is 2. The molecule has 6 nitrogen and oxygen atoms in total. The molecule has 0 saturated heterocycles. The van der Waals surface area contributed by atoms with Gasteiger partial charge in [0, 0.05) is 12.1 Å². The van der Waals surface area contributed by atoms with Crippen molar-refractivity contribution in [2.24, 2.45) is 0 Å². The molecule has 0 atom stereocenters. The van der Waals surface area contributed by atoms with Crippen LogP contribution in [0.2, 0.25) is 20.1 Å². The van der Waals surface area contributed by atoms with E-state index in [0.717, 1.165) is 0 Å². The summed E-state index contributed by atoms with van der Waals surface area (Å²) in [5, 5.41) is 20.8. The molecule has 0 fully saturated rings. The molecule has 0 amide bonds. The summed E-state index contributed by atoms with van der Waals surface area (Å²) in [5.41, 5.74) is -0.335. The predicted molar refractivity (Wildman–Crippen MR) is 86.2 cm³/mol. The van der Waals surface area contributed by atoms with Crippen molar-refractivity contribution in [3.05, 3.63) is 76.7 Å². The van der Waals surface area contributed by atoms with Crippen molar-refractivity contribution in [2.75, 3.05) is 0 Å². The molecular formula is C12H6Cl4N2O4. The molecule has 0 aliphatic carbocycles. The molecule has 0 radical (unpaired) electrons. The van der Waals surface area contributed by atoms with Crippen molar-refractivity contribution in [1.29, 1.82) is 0 Å². The molecule has 2 aromatic carbocycles. The molecule has 0 aromatic heterocycles. The Bertz CT molecular complexity index is 663. The number of benzene rings is 2. The number of nitrogens with zero attached hydrogens (tertiary/aromatic N) is 2. The van der Waals surface area contributed by atoms with Crippen LogP contribution in [0.4, 0.5) is 11.4 Å². The number of rotatable bonds is 2. The SMILES string of the molecule is O=[N+]([O-])c1cccc(Cl)c1Cl.O=[N+]([O-])c1cccc(Cl)c1Cl. The molecule has 22 heavy (non-hydrogen) atoms. The van der Waals surface area contributed by atoms with Crippen LogP contribution in [-0.4, -0.2) is 9.85 Å². The fourth-order valence-electron chi connectivity index (χ4n) is 1.27. The zero-order valence-corrected chi connectivity index (χ0v) is 13.5. The van der Waals surface area contributed by atoms with Crippen molar-refractivity contribution in [3.8, 4) is 0 Å². The first kappa shape index (κ1) is 18.4. The second-order valence-corrected chi connectivity index (χ2v) is 5.23. The molecule has 2 rings (SSSR count). The van der Waals surface area contributed by atoms with E-state index in [0.29, 0.717) is 0 Å². The zero-order valence-electron chi connectivity index (χ0n) is 10.5. The van der Waals surface area contributed by atoms with E-state index in [1.165, 1.54) is 36.4 Å². The number of halogens is 4. The Labute approximate surface area is 144 Å². The molecule has 10 heteroatoms. The van der Waals surface area contributed by atoms with Gasteiger partial charge in [-0.1, -0.05) is 58.5 Å². The molecule has 0 unspecified atom stereocenters. The quantitative estimate of drug-likeness (QED) is 0.484. The minimum Gasteiger partial charge on any atom is -0.258 e. The Hall–Kier alpha value is -1.60. The first-order valence-electron chi connectivity index (χ1n) is 5.42. The average molecular weight is 384 g/mol. The zero-order chi connectivity index (χ0) is 16.9. The Balaban J connectivity index is 0.000000220. The fraction of sp³-hybridized carbons (Fsp3) is 0. The lowest BCUT2D eigenvalue weighted by molar-refractivity contribution is -0.384. The summed E-state index contributed by atoms with van der Waals surface area (Å²) in [5.74, 6) is 0. The normalized spacial score (nSPS) is 9.64. The minimum atomic E-state index is -0.575. The van der Waals surface area contributed by atoms with Crippen LogP contribution in [0, 0.1) is 20.2 Å². The van der Waals surface area contributed by atoms with Crippen LogP contribution in [0.5, 0.6) is 0 Å². The Morgan fingerprint density at radius 3 is 1.23 bits per heavy atom. The van der Waals surface area contributed by atoms with Crippen LogP contribution in [0.1, 0.15) is 0 Å². The highest BCUT2D eigenvalue weighted by Crippen LogP contribution is 2.31. The van der Waals surface area contributed by atoms with Gasteiger partial charge in [-0.3, -0.25) is 20.2 Å². The summed E-state index contributed by atoms with van der Waals surface area (Å²) >= 11 is 22.1. The molecule has 0 aliphatic heterocycles. The maximum absolute atomic E-state index is 10.2. The Morgan fingerprint density at radius 1 is 0.682 bits per heavy atom. The van der Waals surface area contributed by atoms with Gasteiger partial charge in [0.2, 0.25) is 0 Å². The van der Waals surface area contributed by atoms with Crippen LogP contribution in [0.25, 0.3) is 0 Å². The Kier molecular flexibility index (Phi) is 6.83. The van der Waals surface area contributed by atoms with Gasteiger partial charge in [-0.15, -0.1) is 0 Å².